The van der Waals surface area contributed by atoms with Crippen LogP contribution >= 0.6 is 31.9 Å². The van der Waals surface area contributed by atoms with Gasteiger partial charge in [-0.3, -0.25) is 0 Å². The lowest BCUT2D eigenvalue weighted by atomic mass is 9.81. The van der Waals surface area contributed by atoms with Gasteiger partial charge in [-0.15, -0.1) is 0 Å². The lowest BCUT2D eigenvalue weighted by Crippen LogP contribution is -2.16. The van der Waals surface area contributed by atoms with Gasteiger partial charge in [0.25, 0.3) is 0 Å². The maximum absolute atomic E-state index is 3.66. The molecule has 9 aromatic rings. The Morgan fingerprint density at radius 3 is 1.41 bits per heavy atom. The van der Waals surface area contributed by atoms with Crippen LogP contribution in [0.2, 0.25) is 0 Å². The third-order valence-corrected chi connectivity index (χ3v) is 13.0. The summed E-state index contributed by atoms with van der Waals surface area (Å²) in [5.41, 5.74) is 18.9. The Morgan fingerprint density at radius 2 is 0.754 bits per heavy atom. The SMILES string of the molecule is CC1(C)c2cc(-c3ccc(N(c4ccc(Br)cc4)c4ccccc4-c4ccccc4)cc3)ccc2-c2ccc(N(c3ccc(Br)cc3)c3cccc(-c4ccccc4)c3)cc21. The van der Waals surface area contributed by atoms with Crippen molar-refractivity contribution in [1.29, 1.82) is 0 Å². The summed E-state index contributed by atoms with van der Waals surface area (Å²) in [5.74, 6) is 0. The number of hydrogen-bond acceptors (Lipinski definition) is 2. The zero-order chi connectivity index (χ0) is 41.5. The fraction of sp³-hybridized carbons (Fsp3) is 0.0526. The Balaban J connectivity index is 1.00. The average Bonchev–Trinajstić information content (AvgIpc) is 3.53. The number of para-hydroxylation sites is 1. The molecule has 0 fully saturated rings. The van der Waals surface area contributed by atoms with E-state index in [0.717, 1.165) is 43.1 Å². The van der Waals surface area contributed by atoms with Gasteiger partial charge in [0.15, 0.2) is 0 Å². The van der Waals surface area contributed by atoms with Crippen LogP contribution in [-0.4, -0.2) is 0 Å². The molecule has 0 saturated carbocycles. The van der Waals surface area contributed by atoms with Crippen LogP contribution < -0.4 is 9.80 Å². The third-order valence-electron chi connectivity index (χ3n) is 12.0. The van der Waals surface area contributed by atoms with Gasteiger partial charge in [-0.25, -0.2) is 0 Å². The van der Waals surface area contributed by atoms with E-state index in [4.69, 9.17) is 0 Å². The van der Waals surface area contributed by atoms with Crippen molar-refractivity contribution in [3.8, 4) is 44.5 Å². The second-order valence-corrected chi connectivity index (χ2v) is 17.9. The van der Waals surface area contributed by atoms with Crippen molar-refractivity contribution in [2.45, 2.75) is 19.3 Å². The van der Waals surface area contributed by atoms with Crippen LogP contribution in [0.4, 0.5) is 34.1 Å². The molecule has 0 bridgehead atoms. The van der Waals surface area contributed by atoms with Crippen LogP contribution in [0, 0.1) is 0 Å². The van der Waals surface area contributed by atoms with Crippen molar-refractivity contribution in [3.05, 3.63) is 238 Å². The van der Waals surface area contributed by atoms with Gasteiger partial charge in [0.05, 0.1) is 5.69 Å². The highest BCUT2D eigenvalue weighted by atomic mass is 79.9. The number of halogens is 2. The molecule has 0 spiro atoms. The molecule has 0 atom stereocenters. The minimum atomic E-state index is -0.215. The molecule has 9 aromatic carbocycles. The van der Waals surface area contributed by atoms with Gasteiger partial charge in [0.1, 0.15) is 0 Å². The summed E-state index contributed by atoms with van der Waals surface area (Å²) in [6.45, 7) is 4.74. The fourth-order valence-electron chi connectivity index (χ4n) is 8.89. The molecule has 4 heteroatoms. The summed E-state index contributed by atoms with van der Waals surface area (Å²) in [6, 6.07) is 79.0. The van der Waals surface area contributed by atoms with E-state index in [0.29, 0.717) is 0 Å². The molecule has 0 amide bonds. The molecule has 0 saturated heterocycles. The topological polar surface area (TPSA) is 6.48 Å². The number of fused-ring (bicyclic) bond motifs is 3. The number of hydrogen-bond donors (Lipinski definition) is 0. The molecular formula is C57H42Br2N2. The highest BCUT2D eigenvalue weighted by Crippen LogP contribution is 2.52. The Labute approximate surface area is 375 Å². The van der Waals surface area contributed by atoms with E-state index in [1.165, 1.54) is 55.6 Å². The molecule has 10 rings (SSSR count). The zero-order valence-corrected chi connectivity index (χ0v) is 37.1. The normalized spacial score (nSPS) is 12.4. The highest BCUT2D eigenvalue weighted by Gasteiger charge is 2.36. The predicted molar refractivity (Wildman–Crippen MR) is 265 cm³/mol. The first-order valence-corrected chi connectivity index (χ1v) is 22.2. The van der Waals surface area contributed by atoms with Crippen molar-refractivity contribution < 1.29 is 0 Å². The molecule has 0 unspecified atom stereocenters. The summed E-state index contributed by atoms with van der Waals surface area (Å²) < 4.78 is 2.11. The van der Waals surface area contributed by atoms with Gasteiger partial charge in [-0.05, 0) is 147 Å². The van der Waals surface area contributed by atoms with Crippen LogP contribution in [0.15, 0.2) is 227 Å². The fourth-order valence-corrected chi connectivity index (χ4v) is 9.42. The van der Waals surface area contributed by atoms with Crippen LogP contribution in [-0.2, 0) is 5.41 Å². The maximum atomic E-state index is 3.66. The monoisotopic (exact) mass is 912 g/mol. The summed E-state index contributed by atoms with van der Waals surface area (Å²) in [5, 5.41) is 0. The van der Waals surface area contributed by atoms with Crippen LogP contribution in [0.25, 0.3) is 44.5 Å². The third kappa shape index (κ3) is 7.41. The summed E-state index contributed by atoms with van der Waals surface area (Å²) in [4.78, 5) is 4.73. The summed E-state index contributed by atoms with van der Waals surface area (Å²) in [6.07, 6.45) is 0. The maximum Gasteiger partial charge on any atom is 0.0540 e. The van der Waals surface area contributed by atoms with E-state index in [9.17, 15) is 0 Å². The first-order valence-electron chi connectivity index (χ1n) is 20.6. The van der Waals surface area contributed by atoms with Crippen LogP contribution in [0.5, 0.6) is 0 Å². The molecular weight excluding hydrogens is 872 g/mol. The standard InChI is InChI=1S/C57H42Br2N2/c1-57(2)54-37-43(40-20-27-47(28-21-40)61(48-31-25-45(59)26-32-48)56-19-10-9-18-51(56)41-14-7-4-8-15-41)22-34-52(54)53-35-33-50(38-55(53)57)60(46-29-23-44(58)24-30-46)49-17-11-16-42(36-49)39-12-5-3-6-13-39/h3-38H,1-2H3. The van der Waals surface area contributed by atoms with Crippen molar-refractivity contribution in [2.24, 2.45) is 0 Å². The van der Waals surface area contributed by atoms with E-state index >= 15 is 0 Å². The van der Waals surface area contributed by atoms with Crippen molar-refractivity contribution in [3.63, 3.8) is 0 Å². The molecule has 0 aromatic heterocycles. The first-order chi connectivity index (χ1) is 29.8. The minimum absolute atomic E-state index is 0.215. The predicted octanol–water partition coefficient (Wildman–Crippen LogP) is 17.5. The average molecular weight is 915 g/mol. The van der Waals surface area contributed by atoms with Crippen molar-refractivity contribution in [2.75, 3.05) is 9.80 Å². The molecule has 0 N–H and O–H groups in total. The van der Waals surface area contributed by atoms with Gasteiger partial charge in [0, 0.05) is 48.4 Å². The molecule has 0 aliphatic heterocycles. The number of anilines is 6. The summed E-state index contributed by atoms with van der Waals surface area (Å²) in [7, 11) is 0. The first kappa shape index (κ1) is 38.7. The van der Waals surface area contributed by atoms with Gasteiger partial charge in [-0.2, -0.15) is 0 Å². The van der Waals surface area contributed by atoms with Crippen LogP contribution in [0.3, 0.4) is 0 Å². The van der Waals surface area contributed by atoms with Crippen LogP contribution in [0.1, 0.15) is 25.0 Å². The van der Waals surface area contributed by atoms with Gasteiger partial charge < -0.3 is 9.80 Å². The molecule has 0 radical (unpaired) electrons. The Morgan fingerprint density at radius 1 is 0.311 bits per heavy atom. The minimum Gasteiger partial charge on any atom is -0.310 e. The number of nitrogens with zero attached hydrogens (tertiary/aromatic N) is 2. The van der Waals surface area contributed by atoms with E-state index < -0.39 is 0 Å². The number of benzene rings is 9. The van der Waals surface area contributed by atoms with E-state index in [1.54, 1.807) is 0 Å². The summed E-state index contributed by atoms with van der Waals surface area (Å²) >= 11 is 7.31. The van der Waals surface area contributed by atoms with Gasteiger partial charge >= 0.3 is 0 Å². The van der Waals surface area contributed by atoms with E-state index in [-0.39, 0.29) is 5.41 Å². The second kappa shape index (κ2) is 16.2. The Kier molecular flexibility index (Phi) is 10.3. The smallest absolute Gasteiger partial charge is 0.0540 e. The molecule has 61 heavy (non-hydrogen) atoms. The van der Waals surface area contributed by atoms with E-state index in [2.05, 4.69) is 274 Å². The largest absolute Gasteiger partial charge is 0.310 e. The van der Waals surface area contributed by atoms with Crippen molar-refractivity contribution >= 4 is 66.0 Å². The lowest BCUT2D eigenvalue weighted by Gasteiger charge is -2.28. The Bertz CT molecular complexity index is 2990. The molecule has 0 heterocycles. The molecule has 1 aliphatic carbocycles. The number of rotatable bonds is 9. The van der Waals surface area contributed by atoms with Gasteiger partial charge in [-0.1, -0.05) is 167 Å². The second-order valence-electron chi connectivity index (χ2n) is 16.1. The zero-order valence-electron chi connectivity index (χ0n) is 33.9. The molecule has 2 nitrogen and oxygen atoms in total. The van der Waals surface area contributed by atoms with Crippen molar-refractivity contribution in [1.82, 2.24) is 0 Å². The molecule has 1 aliphatic rings. The molecule has 294 valence electrons. The van der Waals surface area contributed by atoms with E-state index in [1.807, 2.05) is 0 Å². The van der Waals surface area contributed by atoms with Gasteiger partial charge in [0.2, 0.25) is 0 Å². The lowest BCUT2D eigenvalue weighted by molar-refractivity contribution is 0.660. The highest BCUT2D eigenvalue weighted by molar-refractivity contribution is 9.10. The quantitative estimate of drug-likeness (QED) is 0.142. The Hall–Kier alpha value is -6.46.